The highest BCUT2D eigenvalue weighted by molar-refractivity contribution is 6.02. The predicted molar refractivity (Wildman–Crippen MR) is 109 cm³/mol. The maximum atomic E-state index is 13.3. The number of hydrogen-bond acceptors (Lipinski definition) is 4. The number of carbonyl (C=O) groups excluding carboxylic acids is 1. The van der Waals surface area contributed by atoms with Gasteiger partial charge in [0.05, 0.1) is 11.2 Å². The van der Waals surface area contributed by atoms with Crippen LogP contribution in [0.5, 0.6) is 5.75 Å². The minimum Gasteiger partial charge on any atom is -0.487 e. The van der Waals surface area contributed by atoms with Crippen LogP contribution in [-0.4, -0.2) is 16.0 Å². The van der Waals surface area contributed by atoms with Crippen molar-refractivity contribution in [2.45, 2.75) is 6.61 Å². The molecule has 0 bridgehead atoms. The lowest BCUT2D eigenvalue weighted by Gasteiger charge is -2.14. The Bertz CT molecular complexity index is 1200. The summed E-state index contributed by atoms with van der Waals surface area (Å²) in [5.74, 6) is -0.410. The van der Waals surface area contributed by atoms with Gasteiger partial charge in [0, 0.05) is 17.3 Å². The smallest absolute Gasteiger partial charge is 0.323 e. The summed E-state index contributed by atoms with van der Waals surface area (Å²) in [5.41, 5.74) is 2.05. The van der Waals surface area contributed by atoms with E-state index in [4.69, 9.17) is 4.74 Å². The lowest BCUT2D eigenvalue weighted by molar-refractivity contribution is 0.261. The van der Waals surface area contributed by atoms with E-state index in [1.807, 2.05) is 0 Å². The molecule has 1 aromatic heterocycles. The van der Waals surface area contributed by atoms with E-state index in [0.717, 1.165) is 10.9 Å². The summed E-state index contributed by atoms with van der Waals surface area (Å²) in [7, 11) is 0. The van der Waals surface area contributed by atoms with Crippen LogP contribution >= 0.6 is 0 Å². The van der Waals surface area contributed by atoms with Crippen molar-refractivity contribution in [2.24, 2.45) is 0 Å². The van der Waals surface area contributed by atoms with Gasteiger partial charge in [0.15, 0.2) is 0 Å². The highest BCUT2D eigenvalue weighted by Crippen LogP contribution is 2.30. The minimum atomic E-state index is -0.569. The van der Waals surface area contributed by atoms with E-state index in [2.05, 4.69) is 20.6 Å². The third-order valence-electron chi connectivity index (χ3n) is 4.24. The van der Waals surface area contributed by atoms with Gasteiger partial charge in [0.1, 0.15) is 30.3 Å². The fraction of sp³-hybridized carbons (Fsp3) is 0.0455. The number of anilines is 2. The Morgan fingerprint density at radius 2 is 1.80 bits per heavy atom. The van der Waals surface area contributed by atoms with Gasteiger partial charge in [-0.1, -0.05) is 18.2 Å². The fourth-order valence-corrected chi connectivity index (χ4v) is 2.82. The number of amides is 2. The quantitative estimate of drug-likeness (QED) is 0.482. The van der Waals surface area contributed by atoms with E-state index >= 15 is 0 Å². The number of fused-ring (bicyclic) bond motifs is 1. The van der Waals surface area contributed by atoms with Gasteiger partial charge < -0.3 is 15.4 Å². The number of hydrogen-bond donors (Lipinski definition) is 2. The van der Waals surface area contributed by atoms with Crippen molar-refractivity contribution >= 4 is 28.3 Å². The standard InChI is InChI=1S/C22H16F2N4O2/c23-16-6-4-14(5-7-16)12-30-21-8-15-11-25-13-26-19(15)10-20(21)28-22(29)27-18-3-1-2-17(24)9-18/h1-11,13H,12H2,(H2,27,28,29). The summed E-state index contributed by atoms with van der Waals surface area (Å²) in [6.45, 7) is 0.166. The van der Waals surface area contributed by atoms with Crippen LogP contribution in [-0.2, 0) is 6.61 Å². The van der Waals surface area contributed by atoms with E-state index in [9.17, 15) is 13.6 Å². The average Bonchev–Trinajstić information content (AvgIpc) is 2.73. The third kappa shape index (κ3) is 4.67. The zero-order valence-corrected chi connectivity index (χ0v) is 15.6. The lowest BCUT2D eigenvalue weighted by Crippen LogP contribution is -2.20. The van der Waals surface area contributed by atoms with Crippen LogP contribution in [0, 0.1) is 11.6 Å². The molecule has 1 heterocycles. The molecular formula is C22H16F2N4O2. The SMILES string of the molecule is O=C(Nc1cccc(F)c1)Nc1cc2ncncc2cc1OCc1ccc(F)cc1. The molecule has 0 spiro atoms. The van der Waals surface area contributed by atoms with Gasteiger partial charge in [-0.15, -0.1) is 0 Å². The molecule has 0 fully saturated rings. The van der Waals surface area contributed by atoms with Crippen LogP contribution in [0.2, 0.25) is 0 Å². The second-order valence-electron chi connectivity index (χ2n) is 6.43. The number of nitrogens with one attached hydrogen (secondary N) is 2. The molecule has 0 radical (unpaired) electrons. The third-order valence-corrected chi connectivity index (χ3v) is 4.24. The highest BCUT2D eigenvalue weighted by atomic mass is 19.1. The van der Waals surface area contributed by atoms with Crippen LogP contribution in [0.15, 0.2) is 73.2 Å². The molecule has 0 saturated carbocycles. The van der Waals surface area contributed by atoms with Crippen LogP contribution in [0.3, 0.4) is 0 Å². The largest absolute Gasteiger partial charge is 0.487 e. The lowest BCUT2D eigenvalue weighted by atomic mass is 10.2. The molecule has 0 aliphatic carbocycles. The Labute approximate surface area is 170 Å². The van der Waals surface area contributed by atoms with Gasteiger partial charge in [-0.3, -0.25) is 0 Å². The summed E-state index contributed by atoms with van der Waals surface area (Å²) < 4.78 is 32.3. The van der Waals surface area contributed by atoms with Crippen molar-refractivity contribution in [3.05, 3.63) is 90.4 Å². The zero-order valence-electron chi connectivity index (χ0n) is 15.6. The first-order chi connectivity index (χ1) is 14.6. The predicted octanol–water partition coefficient (Wildman–Crippen LogP) is 5.13. The number of urea groups is 1. The van der Waals surface area contributed by atoms with Gasteiger partial charge in [-0.05, 0) is 48.0 Å². The number of ether oxygens (including phenoxy) is 1. The Kier molecular flexibility index (Phi) is 5.47. The molecule has 4 aromatic rings. The molecule has 4 rings (SSSR count). The topological polar surface area (TPSA) is 76.1 Å². The molecule has 6 nitrogen and oxygen atoms in total. The van der Waals surface area contributed by atoms with Crippen LogP contribution in [0.4, 0.5) is 25.0 Å². The van der Waals surface area contributed by atoms with Crippen LogP contribution in [0.1, 0.15) is 5.56 Å². The Balaban J connectivity index is 1.57. The van der Waals surface area contributed by atoms with E-state index in [-0.39, 0.29) is 12.4 Å². The summed E-state index contributed by atoms with van der Waals surface area (Å²) >= 11 is 0. The number of nitrogens with zero attached hydrogens (tertiary/aromatic N) is 2. The maximum absolute atomic E-state index is 13.3. The van der Waals surface area contributed by atoms with Gasteiger partial charge in [-0.2, -0.15) is 0 Å². The fourth-order valence-electron chi connectivity index (χ4n) is 2.82. The Morgan fingerprint density at radius 3 is 2.60 bits per heavy atom. The second kappa shape index (κ2) is 8.52. The summed E-state index contributed by atoms with van der Waals surface area (Å²) in [4.78, 5) is 20.6. The molecule has 2 amide bonds. The summed E-state index contributed by atoms with van der Waals surface area (Å²) in [6.07, 6.45) is 3.03. The maximum Gasteiger partial charge on any atom is 0.323 e. The molecule has 0 saturated heterocycles. The van der Waals surface area contributed by atoms with Gasteiger partial charge in [0.25, 0.3) is 0 Å². The Morgan fingerprint density at radius 1 is 0.967 bits per heavy atom. The molecule has 3 aromatic carbocycles. The monoisotopic (exact) mass is 406 g/mol. The van der Waals surface area contributed by atoms with E-state index in [1.165, 1.54) is 36.7 Å². The number of rotatable bonds is 5. The van der Waals surface area contributed by atoms with E-state index in [1.54, 1.807) is 36.5 Å². The Hall–Kier alpha value is -4.07. The normalized spacial score (nSPS) is 10.6. The molecule has 0 aliphatic heterocycles. The first-order valence-corrected chi connectivity index (χ1v) is 9.01. The molecule has 150 valence electrons. The molecule has 0 atom stereocenters. The van der Waals surface area contributed by atoms with Gasteiger partial charge >= 0.3 is 6.03 Å². The van der Waals surface area contributed by atoms with Gasteiger partial charge in [-0.25, -0.2) is 23.5 Å². The summed E-state index contributed by atoms with van der Waals surface area (Å²) in [5, 5.41) is 5.99. The highest BCUT2D eigenvalue weighted by Gasteiger charge is 2.12. The zero-order chi connectivity index (χ0) is 20.9. The second-order valence-corrected chi connectivity index (χ2v) is 6.43. The van der Waals surface area contributed by atoms with Gasteiger partial charge in [0.2, 0.25) is 0 Å². The minimum absolute atomic E-state index is 0.166. The molecule has 30 heavy (non-hydrogen) atoms. The van der Waals surface area contributed by atoms with Crippen molar-refractivity contribution in [3.8, 4) is 5.75 Å². The van der Waals surface area contributed by atoms with Crippen molar-refractivity contribution in [2.75, 3.05) is 10.6 Å². The molecule has 2 N–H and O–H groups in total. The first kappa shape index (κ1) is 19.3. The number of carbonyl (C=O) groups is 1. The van der Waals surface area contributed by atoms with E-state index < -0.39 is 11.8 Å². The number of benzene rings is 3. The van der Waals surface area contributed by atoms with Crippen molar-refractivity contribution < 1.29 is 18.3 Å². The molecular weight excluding hydrogens is 390 g/mol. The van der Waals surface area contributed by atoms with Crippen molar-refractivity contribution in [1.29, 1.82) is 0 Å². The molecule has 8 heteroatoms. The van der Waals surface area contributed by atoms with Crippen LogP contribution in [0.25, 0.3) is 10.9 Å². The average molecular weight is 406 g/mol. The van der Waals surface area contributed by atoms with E-state index in [0.29, 0.717) is 22.6 Å². The molecule has 0 unspecified atom stereocenters. The first-order valence-electron chi connectivity index (χ1n) is 9.01. The summed E-state index contributed by atoms with van der Waals surface area (Å²) in [6, 6.07) is 14.3. The van der Waals surface area contributed by atoms with Crippen LogP contribution < -0.4 is 15.4 Å². The van der Waals surface area contributed by atoms with Crippen molar-refractivity contribution in [3.63, 3.8) is 0 Å². The number of halogens is 2. The number of aromatic nitrogens is 2. The molecule has 0 aliphatic rings. The van der Waals surface area contributed by atoms with Crippen molar-refractivity contribution in [1.82, 2.24) is 9.97 Å².